The maximum Gasteiger partial charge on any atom is 0.270 e. The van der Waals surface area contributed by atoms with Crippen molar-refractivity contribution in [3.8, 4) is 0 Å². The third-order valence-corrected chi connectivity index (χ3v) is 4.41. The van der Waals surface area contributed by atoms with E-state index in [1.165, 1.54) is 4.57 Å². The highest BCUT2D eigenvalue weighted by molar-refractivity contribution is 5.89. The molecule has 2 aromatic rings. The van der Waals surface area contributed by atoms with Crippen molar-refractivity contribution in [1.82, 2.24) is 9.55 Å². The molecular formula is C17H20N4O3. The number of hydrogen-bond acceptors (Lipinski definition) is 5. The van der Waals surface area contributed by atoms with Crippen LogP contribution in [0, 0.1) is 6.57 Å². The zero-order chi connectivity index (χ0) is 17.3. The molecule has 0 bridgehead atoms. The molecule has 0 spiro atoms. The molecule has 1 aliphatic rings. The number of aliphatic hydroxyl groups is 1. The monoisotopic (exact) mass is 328 g/mol. The van der Waals surface area contributed by atoms with Gasteiger partial charge in [0.2, 0.25) is 5.52 Å². The second-order valence-electron chi connectivity index (χ2n) is 5.87. The second-order valence-corrected chi connectivity index (χ2v) is 5.87. The van der Waals surface area contributed by atoms with E-state index in [9.17, 15) is 9.90 Å². The SMILES string of the molecule is [C-]#[N+]c1ccc2c(n1)c(N1CC[C@H](O)[C@@H](OCC)C1)cc(=O)n2C. The summed E-state index contributed by atoms with van der Waals surface area (Å²) in [5.41, 5.74) is 1.87. The van der Waals surface area contributed by atoms with E-state index in [0.29, 0.717) is 48.7 Å². The number of aryl methyl sites for hydroxylation is 1. The molecule has 7 nitrogen and oxygen atoms in total. The Morgan fingerprint density at radius 1 is 1.50 bits per heavy atom. The van der Waals surface area contributed by atoms with Crippen LogP contribution >= 0.6 is 0 Å². The molecule has 0 unspecified atom stereocenters. The van der Waals surface area contributed by atoms with E-state index in [1.807, 2.05) is 11.8 Å². The average molecular weight is 328 g/mol. The summed E-state index contributed by atoms with van der Waals surface area (Å²) in [6.45, 7) is 10.7. The highest BCUT2D eigenvalue weighted by atomic mass is 16.5. The standard InChI is InChI=1S/C17H20N4O3/c1-4-24-14-10-21(8-7-13(14)22)12-9-16(23)20(3)11-5-6-15(18-2)19-17(11)12/h5-6,9,13-14,22H,4,7-8,10H2,1,3H3/t13-,14-/m0/s1. The first-order valence-electron chi connectivity index (χ1n) is 7.98. The summed E-state index contributed by atoms with van der Waals surface area (Å²) in [5.74, 6) is 0.292. The molecule has 1 fully saturated rings. The molecule has 1 aliphatic heterocycles. The van der Waals surface area contributed by atoms with Gasteiger partial charge >= 0.3 is 0 Å². The van der Waals surface area contributed by atoms with Crippen LogP contribution < -0.4 is 10.5 Å². The van der Waals surface area contributed by atoms with Crippen LogP contribution in [-0.2, 0) is 11.8 Å². The minimum Gasteiger partial charge on any atom is -0.390 e. The first-order valence-corrected chi connectivity index (χ1v) is 7.98. The lowest BCUT2D eigenvalue weighted by molar-refractivity contribution is -0.0398. The van der Waals surface area contributed by atoms with Crippen molar-refractivity contribution in [2.45, 2.75) is 25.6 Å². The normalized spacial score (nSPS) is 21.0. The number of nitrogens with zero attached hydrogens (tertiary/aromatic N) is 4. The molecule has 0 saturated carbocycles. The first-order chi connectivity index (χ1) is 11.5. The minimum atomic E-state index is -0.509. The Kier molecular flexibility index (Phi) is 4.51. The fourth-order valence-corrected chi connectivity index (χ4v) is 3.11. The fraction of sp³-hybridized carbons (Fsp3) is 0.471. The van der Waals surface area contributed by atoms with Crippen LogP contribution in [0.3, 0.4) is 0 Å². The topological polar surface area (TPSA) is 72.0 Å². The highest BCUT2D eigenvalue weighted by Crippen LogP contribution is 2.28. The maximum atomic E-state index is 12.3. The predicted molar refractivity (Wildman–Crippen MR) is 91.5 cm³/mol. The Hall–Kier alpha value is -2.43. The summed E-state index contributed by atoms with van der Waals surface area (Å²) in [7, 11) is 1.69. The molecule has 2 atom stereocenters. The van der Waals surface area contributed by atoms with Gasteiger partial charge in [0.25, 0.3) is 11.4 Å². The number of piperidine rings is 1. The van der Waals surface area contributed by atoms with Crippen LogP contribution in [0.15, 0.2) is 23.0 Å². The average Bonchev–Trinajstić information content (AvgIpc) is 2.60. The van der Waals surface area contributed by atoms with Gasteiger partial charge in [-0.2, -0.15) is 0 Å². The van der Waals surface area contributed by atoms with Crippen molar-refractivity contribution < 1.29 is 9.84 Å². The molecule has 0 aromatic carbocycles. The van der Waals surface area contributed by atoms with Gasteiger partial charge in [0, 0.05) is 32.8 Å². The van der Waals surface area contributed by atoms with Gasteiger partial charge in [-0.1, -0.05) is 6.57 Å². The molecule has 0 aliphatic carbocycles. The quantitative estimate of drug-likeness (QED) is 0.864. The van der Waals surface area contributed by atoms with E-state index in [4.69, 9.17) is 11.3 Å². The Morgan fingerprint density at radius 2 is 2.29 bits per heavy atom. The van der Waals surface area contributed by atoms with Crippen LogP contribution in [0.1, 0.15) is 13.3 Å². The van der Waals surface area contributed by atoms with E-state index >= 15 is 0 Å². The van der Waals surface area contributed by atoms with Crippen LogP contribution in [0.5, 0.6) is 0 Å². The summed E-state index contributed by atoms with van der Waals surface area (Å²) >= 11 is 0. The Morgan fingerprint density at radius 3 is 3.00 bits per heavy atom. The smallest absolute Gasteiger partial charge is 0.270 e. The zero-order valence-electron chi connectivity index (χ0n) is 13.8. The summed E-state index contributed by atoms with van der Waals surface area (Å²) in [4.78, 5) is 22.1. The van der Waals surface area contributed by atoms with Gasteiger partial charge in [-0.3, -0.25) is 4.79 Å². The molecule has 3 heterocycles. The van der Waals surface area contributed by atoms with E-state index in [1.54, 1.807) is 25.2 Å². The van der Waals surface area contributed by atoms with Crippen LogP contribution in [-0.4, -0.2) is 46.6 Å². The molecule has 0 amide bonds. The lowest BCUT2D eigenvalue weighted by atomic mass is 10.0. The number of ether oxygens (including phenoxy) is 1. The zero-order valence-corrected chi connectivity index (χ0v) is 13.8. The first kappa shape index (κ1) is 16.4. The third kappa shape index (κ3) is 2.86. The third-order valence-electron chi connectivity index (χ3n) is 4.41. The van der Waals surface area contributed by atoms with Crippen molar-refractivity contribution in [2.24, 2.45) is 7.05 Å². The lowest BCUT2D eigenvalue weighted by Gasteiger charge is -2.37. The van der Waals surface area contributed by atoms with Crippen molar-refractivity contribution in [1.29, 1.82) is 0 Å². The summed E-state index contributed by atoms with van der Waals surface area (Å²) in [6.07, 6.45) is -0.248. The highest BCUT2D eigenvalue weighted by Gasteiger charge is 2.30. The van der Waals surface area contributed by atoms with Crippen molar-refractivity contribution in [3.05, 3.63) is 40.0 Å². The Labute approximate surface area is 139 Å². The molecule has 0 radical (unpaired) electrons. The largest absolute Gasteiger partial charge is 0.390 e. The molecule has 3 rings (SSSR count). The van der Waals surface area contributed by atoms with Crippen LogP contribution in [0.25, 0.3) is 15.9 Å². The van der Waals surface area contributed by atoms with Gasteiger partial charge in [0.15, 0.2) is 0 Å². The molecule has 1 saturated heterocycles. The number of anilines is 1. The molecule has 2 aromatic heterocycles. The summed E-state index contributed by atoms with van der Waals surface area (Å²) < 4.78 is 7.14. The van der Waals surface area contributed by atoms with Gasteiger partial charge < -0.3 is 24.2 Å². The molecule has 24 heavy (non-hydrogen) atoms. The van der Waals surface area contributed by atoms with Crippen LogP contribution in [0.2, 0.25) is 0 Å². The van der Waals surface area contributed by atoms with E-state index in [-0.39, 0.29) is 11.7 Å². The summed E-state index contributed by atoms with van der Waals surface area (Å²) in [5, 5.41) is 10.1. The van der Waals surface area contributed by atoms with Crippen molar-refractivity contribution >= 4 is 22.5 Å². The Balaban J connectivity index is 2.10. The number of aliphatic hydroxyl groups excluding tert-OH is 1. The van der Waals surface area contributed by atoms with E-state index in [2.05, 4.69) is 9.83 Å². The van der Waals surface area contributed by atoms with Gasteiger partial charge in [-0.15, -0.1) is 4.98 Å². The van der Waals surface area contributed by atoms with Gasteiger partial charge in [-0.25, -0.2) is 0 Å². The van der Waals surface area contributed by atoms with Crippen molar-refractivity contribution in [2.75, 3.05) is 24.6 Å². The van der Waals surface area contributed by atoms with Gasteiger partial charge in [-0.05, 0) is 25.5 Å². The molecule has 126 valence electrons. The number of pyridine rings is 2. The van der Waals surface area contributed by atoms with Crippen molar-refractivity contribution in [3.63, 3.8) is 0 Å². The fourth-order valence-electron chi connectivity index (χ4n) is 3.11. The number of fused-ring (bicyclic) bond motifs is 1. The van der Waals surface area contributed by atoms with Crippen LogP contribution in [0.4, 0.5) is 11.5 Å². The number of rotatable bonds is 3. The molecule has 1 N–H and O–H groups in total. The lowest BCUT2D eigenvalue weighted by Crippen LogP contribution is -2.48. The molecular weight excluding hydrogens is 308 g/mol. The minimum absolute atomic E-state index is 0.131. The maximum absolute atomic E-state index is 12.3. The van der Waals surface area contributed by atoms with E-state index < -0.39 is 6.10 Å². The predicted octanol–water partition coefficient (Wildman–Crippen LogP) is 1.46. The van der Waals surface area contributed by atoms with E-state index in [0.717, 1.165) is 0 Å². The Bertz CT molecular complexity index is 855. The number of aromatic nitrogens is 2. The summed E-state index contributed by atoms with van der Waals surface area (Å²) in [6, 6.07) is 4.91. The van der Waals surface area contributed by atoms with Gasteiger partial charge in [0.1, 0.15) is 6.10 Å². The molecule has 7 heteroatoms. The second kappa shape index (κ2) is 6.59. The van der Waals surface area contributed by atoms with Gasteiger partial charge in [0.05, 0.1) is 17.3 Å². The number of hydrogen-bond donors (Lipinski definition) is 1.